The van der Waals surface area contributed by atoms with Crippen LogP contribution in [0.25, 0.3) is 0 Å². The number of aliphatic hydroxyl groups excluding tert-OH is 1. The summed E-state index contributed by atoms with van der Waals surface area (Å²) < 4.78 is 0. The summed E-state index contributed by atoms with van der Waals surface area (Å²) >= 11 is 0. The average Bonchev–Trinajstić information content (AvgIpc) is 2.69. The van der Waals surface area contributed by atoms with Crippen LogP contribution in [0, 0.1) is 5.41 Å². The van der Waals surface area contributed by atoms with Crippen LogP contribution in [0.4, 0.5) is 0 Å². The molecule has 1 aliphatic heterocycles. The topological polar surface area (TPSA) is 26.7 Å². The molecule has 1 saturated heterocycles. The molecule has 3 heteroatoms. The minimum atomic E-state index is -0.266. The third kappa shape index (κ3) is 4.89. The van der Waals surface area contributed by atoms with Gasteiger partial charge in [-0.3, -0.25) is 4.90 Å². The molecule has 1 aliphatic rings. The van der Waals surface area contributed by atoms with E-state index in [1.165, 1.54) is 12.0 Å². The van der Waals surface area contributed by atoms with Gasteiger partial charge in [0, 0.05) is 26.2 Å². The molecule has 0 saturated carbocycles. The molecule has 3 nitrogen and oxygen atoms in total. The molecule has 1 aromatic carbocycles. The summed E-state index contributed by atoms with van der Waals surface area (Å²) in [6.07, 6.45) is 0.970. The Labute approximate surface area is 123 Å². The summed E-state index contributed by atoms with van der Waals surface area (Å²) in [5, 5.41) is 10.2. The van der Waals surface area contributed by atoms with E-state index in [1.54, 1.807) is 0 Å². The molecular weight excluding hydrogens is 248 g/mol. The first kappa shape index (κ1) is 15.5. The minimum Gasteiger partial charge on any atom is -0.390 e. The molecule has 0 radical (unpaired) electrons. The lowest BCUT2D eigenvalue weighted by Gasteiger charge is -2.25. The number of rotatable bonds is 6. The van der Waals surface area contributed by atoms with Crippen LogP contribution in [0.1, 0.15) is 25.8 Å². The average molecular weight is 276 g/mol. The molecule has 0 aliphatic carbocycles. The molecule has 20 heavy (non-hydrogen) atoms. The first-order chi connectivity index (χ1) is 9.44. The van der Waals surface area contributed by atoms with Crippen molar-refractivity contribution in [1.82, 2.24) is 9.80 Å². The number of nitrogens with zero attached hydrogens (tertiary/aromatic N) is 2. The third-order valence-corrected chi connectivity index (χ3v) is 4.04. The highest BCUT2D eigenvalue weighted by atomic mass is 16.3. The molecule has 1 heterocycles. The quantitative estimate of drug-likeness (QED) is 0.863. The first-order valence-corrected chi connectivity index (χ1v) is 7.57. The number of likely N-dealkylation sites (tertiary alicyclic amines) is 1. The lowest BCUT2D eigenvalue weighted by atomic mass is 9.93. The number of hydrogen-bond acceptors (Lipinski definition) is 3. The van der Waals surface area contributed by atoms with E-state index in [1.807, 2.05) is 6.07 Å². The van der Waals surface area contributed by atoms with Crippen molar-refractivity contribution in [2.75, 3.05) is 33.2 Å². The van der Waals surface area contributed by atoms with Crippen LogP contribution in [0.3, 0.4) is 0 Å². The smallest absolute Gasteiger partial charge is 0.0793 e. The summed E-state index contributed by atoms with van der Waals surface area (Å²) in [5.74, 6) is 0. The molecule has 1 N–H and O–H groups in total. The molecular formula is C17H28N2O. The van der Waals surface area contributed by atoms with Crippen molar-refractivity contribution < 1.29 is 5.11 Å². The van der Waals surface area contributed by atoms with Gasteiger partial charge in [0.2, 0.25) is 0 Å². The van der Waals surface area contributed by atoms with Gasteiger partial charge in [-0.2, -0.15) is 0 Å². The zero-order valence-corrected chi connectivity index (χ0v) is 13.0. The van der Waals surface area contributed by atoms with Gasteiger partial charge in [0.15, 0.2) is 0 Å². The molecule has 0 amide bonds. The van der Waals surface area contributed by atoms with Gasteiger partial charge in [0.05, 0.1) is 6.10 Å². The molecule has 0 aromatic heterocycles. The fourth-order valence-corrected chi connectivity index (χ4v) is 3.06. The summed E-state index contributed by atoms with van der Waals surface area (Å²) in [7, 11) is 2.07. The zero-order chi connectivity index (χ0) is 14.6. The van der Waals surface area contributed by atoms with Crippen molar-refractivity contribution in [3.05, 3.63) is 35.9 Å². The number of β-amino-alcohol motifs (C(OH)–C–C–N with tert-alkyl or cyclic N) is 1. The lowest BCUT2D eigenvalue weighted by molar-refractivity contribution is 0.0852. The monoisotopic (exact) mass is 276 g/mol. The molecule has 1 atom stereocenters. The normalized spacial score (nSPS) is 20.4. The van der Waals surface area contributed by atoms with Gasteiger partial charge < -0.3 is 10.0 Å². The van der Waals surface area contributed by atoms with E-state index in [0.717, 1.165) is 32.7 Å². The van der Waals surface area contributed by atoms with Crippen LogP contribution < -0.4 is 0 Å². The maximum absolute atomic E-state index is 10.2. The molecule has 0 spiro atoms. The fourth-order valence-electron chi connectivity index (χ4n) is 3.06. The van der Waals surface area contributed by atoms with Crippen molar-refractivity contribution >= 4 is 0 Å². The van der Waals surface area contributed by atoms with E-state index >= 15 is 0 Å². The van der Waals surface area contributed by atoms with Gasteiger partial charge in [-0.1, -0.05) is 44.2 Å². The van der Waals surface area contributed by atoms with E-state index < -0.39 is 0 Å². The Morgan fingerprint density at radius 1 is 1.30 bits per heavy atom. The molecule has 1 fully saturated rings. The molecule has 0 bridgehead atoms. The van der Waals surface area contributed by atoms with Crippen molar-refractivity contribution in [2.45, 2.75) is 32.9 Å². The van der Waals surface area contributed by atoms with Gasteiger partial charge >= 0.3 is 0 Å². The largest absolute Gasteiger partial charge is 0.390 e. The summed E-state index contributed by atoms with van der Waals surface area (Å²) in [6, 6.07) is 10.4. The second kappa shape index (κ2) is 6.70. The highest BCUT2D eigenvalue weighted by molar-refractivity contribution is 5.14. The van der Waals surface area contributed by atoms with Crippen LogP contribution >= 0.6 is 0 Å². The first-order valence-electron chi connectivity index (χ1n) is 7.57. The van der Waals surface area contributed by atoms with E-state index in [9.17, 15) is 5.11 Å². The maximum Gasteiger partial charge on any atom is 0.0793 e. The zero-order valence-electron chi connectivity index (χ0n) is 13.0. The summed E-state index contributed by atoms with van der Waals surface area (Å²) in [6.45, 7) is 9.25. The van der Waals surface area contributed by atoms with Gasteiger partial charge in [-0.15, -0.1) is 0 Å². The lowest BCUT2D eigenvalue weighted by Crippen LogP contribution is -2.38. The van der Waals surface area contributed by atoms with Gasteiger partial charge in [0.25, 0.3) is 0 Å². The fraction of sp³-hybridized carbons (Fsp3) is 0.647. The maximum atomic E-state index is 10.2. The van der Waals surface area contributed by atoms with Crippen molar-refractivity contribution in [3.63, 3.8) is 0 Å². The predicted octanol–water partition coefficient (Wildman–Crippen LogP) is 2.21. The predicted molar refractivity (Wildman–Crippen MR) is 83.6 cm³/mol. The van der Waals surface area contributed by atoms with Gasteiger partial charge in [-0.25, -0.2) is 0 Å². The van der Waals surface area contributed by atoms with Crippen LogP contribution in [0.5, 0.6) is 0 Å². The second-order valence-electron chi connectivity index (χ2n) is 6.99. The second-order valence-corrected chi connectivity index (χ2v) is 6.99. The standard InChI is InChI=1S/C17H28N2O/c1-17(2)9-10-19(14-17)13-16(20)12-18(3)11-15-7-5-4-6-8-15/h4-8,16,20H,9-14H2,1-3H3. The van der Waals surface area contributed by atoms with Crippen LogP contribution in [0.15, 0.2) is 30.3 Å². The van der Waals surface area contributed by atoms with Crippen molar-refractivity contribution in [2.24, 2.45) is 5.41 Å². The van der Waals surface area contributed by atoms with Crippen LogP contribution in [-0.2, 0) is 6.54 Å². The number of likely N-dealkylation sites (N-methyl/N-ethyl adjacent to an activating group) is 1. The molecule has 2 rings (SSSR count). The molecule has 1 aromatic rings. The molecule has 1 unspecified atom stereocenters. The van der Waals surface area contributed by atoms with Crippen LogP contribution in [0.2, 0.25) is 0 Å². The number of benzene rings is 1. The Kier molecular flexibility index (Phi) is 5.19. The Hall–Kier alpha value is -0.900. The molecule has 112 valence electrons. The van der Waals surface area contributed by atoms with Gasteiger partial charge in [0.1, 0.15) is 0 Å². The Morgan fingerprint density at radius 2 is 2.00 bits per heavy atom. The van der Waals surface area contributed by atoms with E-state index in [4.69, 9.17) is 0 Å². The summed E-state index contributed by atoms with van der Waals surface area (Å²) in [4.78, 5) is 4.59. The highest BCUT2D eigenvalue weighted by Gasteiger charge is 2.30. The summed E-state index contributed by atoms with van der Waals surface area (Å²) in [5.41, 5.74) is 1.71. The van der Waals surface area contributed by atoms with Gasteiger partial charge in [-0.05, 0) is 31.0 Å². The Bertz CT molecular complexity index is 405. The Morgan fingerprint density at radius 3 is 2.60 bits per heavy atom. The van der Waals surface area contributed by atoms with E-state index in [-0.39, 0.29) is 6.10 Å². The van der Waals surface area contributed by atoms with Crippen molar-refractivity contribution in [3.8, 4) is 0 Å². The number of aliphatic hydroxyl groups is 1. The van der Waals surface area contributed by atoms with E-state index in [0.29, 0.717) is 5.41 Å². The van der Waals surface area contributed by atoms with Crippen molar-refractivity contribution in [1.29, 1.82) is 0 Å². The minimum absolute atomic E-state index is 0.266. The highest BCUT2D eigenvalue weighted by Crippen LogP contribution is 2.28. The third-order valence-electron chi connectivity index (χ3n) is 4.04. The van der Waals surface area contributed by atoms with E-state index in [2.05, 4.69) is 55.0 Å². The SMILES string of the molecule is CN(Cc1ccccc1)CC(O)CN1CCC(C)(C)C1. The Balaban J connectivity index is 1.73. The van der Waals surface area contributed by atoms with Crippen LogP contribution in [-0.4, -0.2) is 54.2 Å². The number of hydrogen-bond donors (Lipinski definition) is 1.